The standard InChI is InChI=1S/C15H22N2O3/c1-19-9-7-16-15(18)14-12-17(8-10-20-14)11-13-5-3-2-4-6-13/h2-6,14H,7-12H2,1H3,(H,16,18)/t14-/m0/s1. The Balaban J connectivity index is 1.80. The fourth-order valence-electron chi connectivity index (χ4n) is 2.24. The number of amides is 1. The Kier molecular flexibility index (Phi) is 5.98. The van der Waals surface area contributed by atoms with E-state index in [1.54, 1.807) is 7.11 Å². The molecule has 0 spiro atoms. The van der Waals surface area contributed by atoms with Gasteiger partial charge in [0.2, 0.25) is 0 Å². The normalized spacial score (nSPS) is 19.8. The van der Waals surface area contributed by atoms with Crippen molar-refractivity contribution in [3.63, 3.8) is 0 Å². The Labute approximate surface area is 119 Å². The van der Waals surface area contributed by atoms with E-state index in [0.29, 0.717) is 26.3 Å². The van der Waals surface area contributed by atoms with Gasteiger partial charge in [-0.2, -0.15) is 0 Å². The van der Waals surface area contributed by atoms with E-state index in [1.807, 2.05) is 18.2 Å². The van der Waals surface area contributed by atoms with Gasteiger partial charge in [0.05, 0.1) is 13.2 Å². The van der Waals surface area contributed by atoms with Crippen LogP contribution in [0.25, 0.3) is 0 Å². The molecule has 1 amide bonds. The van der Waals surface area contributed by atoms with E-state index in [-0.39, 0.29) is 12.0 Å². The molecular weight excluding hydrogens is 256 g/mol. The number of hydrogen-bond donors (Lipinski definition) is 1. The van der Waals surface area contributed by atoms with Gasteiger partial charge in [0, 0.05) is 33.3 Å². The molecule has 0 unspecified atom stereocenters. The lowest BCUT2D eigenvalue weighted by Crippen LogP contribution is -2.49. The van der Waals surface area contributed by atoms with Gasteiger partial charge in [-0.1, -0.05) is 30.3 Å². The molecule has 0 bridgehead atoms. The molecule has 1 fully saturated rings. The number of carbonyl (C=O) groups excluding carboxylic acids is 1. The van der Waals surface area contributed by atoms with Gasteiger partial charge in [-0.3, -0.25) is 9.69 Å². The van der Waals surface area contributed by atoms with Crippen LogP contribution in [-0.4, -0.2) is 56.9 Å². The summed E-state index contributed by atoms with van der Waals surface area (Å²) < 4.78 is 10.5. The third-order valence-corrected chi connectivity index (χ3v) is 3.30. The van der Waals surface area contributed by atoms with E-state index in [4.69, 9.17) is 9.47 Å². The maximum absolute atomic E-state index is 12.0. The maximum atomic E-state index is 12.0. The molecule has 1 aromatic carbocycles. The highest BCUT2D eigenvalue weighted by Crippen LogP contribution is 2.10. The Morgan fingerprint density at radius 3 is 3.00 bits per heavy atom. The predicted octanol–water partition coefficient (Wildman–Crippen LogP) is 0.650. The van der Waals surface area contributed by atoms with Crippen LogP contribution in [0, 0.1) is 0 Å². The second-order valence-corrected chi connectivity index (χ2v) is 4.86. The Morgan fingerprint density at radius 1 is 1.45 bits per heavy atom. The molecule has 5 heteroatoms. The van der Waals surface area contributed by atoms with Crippen molar-refractivity contribution >= 4 is 5.91 Å². The van der Waals surface area contributed by atoms with E-state index in [0.717, 1.165) is 13.1 Å². The molecule has 0 radical (unpaired) electrons. The molecule has 1 aliphatic rings. The first-order chi connectivity index (χ1) is 9.79. The first kappa shape index (κ1) is 15.0. The topological polar surface area (TPSA) is 50.8 Å². The largest absolute Gasteiger partial charge is 0.383 e. The highest BCUT2D eigenvalue weighted by atomic mass is 16.5. The molecular formula is C15H22N2O3. The first-order valence-corrected chi connectivity index (χ1v) is 6.94. The minimum Gasteiger partial charge on any atom is -0.383 e. The van der Waals surface area contributed by atoms with Crippen LogP contribution in [0.3, 0.4) is 0 Å². The third-order valence-electron chi connectivity index (χ3n) is 3.30. The van der Waals surface area contributed by atoms with Crippen LogP contribution >= 0.6 is 0 Å². The fraction of sp³-hybridized carbons (Fsp3) is 0.533. The number of nitrogens with one attached hydrogen (secondary N) is 1. The van der Waals surface area contributed by atoms with Crippen LogP contribution < -0.4 is 5.32 Å². The van der Waals surface area contributed by atoms with Gasteiger partial charge in [0.15, 0.2) is 0 Å². The minimum atomic E-state index is -0.385. The minimum absolute atomic E-state index is 0.0557. The average molecular weight is 278 g/mol. The van der Waals surface area contributed by atoms with Crippen molar-refractivity contribution in [3.05, 3.63) is 35.9 Å². The van der Waals surface area contributed by atoms with Crippen LogP contribution in [0.15, 0.2) is 30.3 Å². The van der Waals surface area contributed by atoms with Gasteiger partial charge in [-0.25, -0.2) is 0 Å². The lowest BCUT2D eigenvalue weighted by Gasteiger charge is -2.32. The summed E-state index contributed by atoms with van der Waals surface area (Å²) in [5.74, 6) is -0.0557. The van der Waals surface area contributed by atoms with Crippen molar-refractivity contribution in [2.75, 3.05) is 40.0 Å². The summed E-state index contributed by atoms with van der Waals surface area (Å²) >= 11 is 0. The highest BCUT2D eigenvalue weighted by molar-refractivity contribution is 5.81. The summed E-state index contributed by atoms with van der Waals surface area (Å²) in [4.78, 5) is 14.2. The number of morpholine rings is 1. The average Bonchev–Trinajstić information content (AvgIpc) is 2.49. The van der Waals surface area contributed by atoms with Gasteiger partial charge in [-0.05, 0) is 5.56 Å². The van der Waals surface area contributed by atoms with Crippen molar-refractivity contribution in [3.8, 4) is 0 Å². The SMILES string of the molecule is COCCNC(=O)[C@@H]1CN(Cc2ccccc2)CCO1. The zero-order chi connectivity index (χ0) is 14.2. The summed E-state index contributed by atoms with van der Waals surface area (Å²) in [6.45, 7) is 3.98. The Morgan fingerprint density at radius 2 is 2.25 bits per heavy atom. The van der Waals surface area contributed by atoms with E-state index in [9.17, 15) is 4.79 Å². The highest BCUT2D eigenvalue weighted by Gasteiger charge is 2.26. The van der Waals surface area contributed by atoms with Crippen molar-refractivity contribution in [1.82, 2.24) is 10.2 Å². The van der Waals surface area contributed by atoms with Crippen molar-refractivity contribution in [2.45, 2.75) is 12.6 Å². The van der Waals surface area contributed by atoms with Crippen molar-refractivity contribution < 1.29 is 14.3 Å². The lowest BCUT2D eigenvalue weighted by atomic mass is 10.2. The summed E-state index contributed by atoms with van der Waals surface area (Å²) in [7, 11) is 1.62. The monoisotopic (exact) mass is 278 g/mol. The summed E-state index contributed by atoms with van der Waals surface area (Å²) in [6, 6.07) is 10.3. The Hall–Kier alpha value is -1.43. The fourth-order valence-corrected chi connectivity index (χ4v) is 2.24. The molecule has 1 aliphatic heterocycles. The number of methoxy groups -OCH3 is 1. The van der Waals surface area contributed by atoms with Gasteiger partial charge in [0.25, 0.3) is 5.91 Å². The van der Waals surface area contributed by atoms with Crippen LogP contribution in [0.5, 0.6) is 0 Å². The molecule has 1 aromatic rings. The zero-order valence-corrected chi connectivity index (χ0v) is 11.9. The van der Waals surface area contributed by atoms with Crippen LogP contribution in [-0.2, 0) is 20.8 Å². The Bertz CT molecular complexity index is 411. The number of hydrogen-bond acceptors (Lipinski definition) is 4. The second kappa shape index (κ2) is 7.99. The van der Waals surface area contributed by atoms with E-state index >= 15 is 0 Å². The number of carbonyl (C=O) groups is 1. The first-order valence-electron chi connectivity index (χ1n) is 6.94. The third kappa shape index (κ3) is 4.59. The summed E-state index contributed by atoms with van der Waals surface area (Å²) in [5, 5.41) is 2.82. The summed E-state index contributed by atoms with van der Waals surface area (Å²) in [6.07, 6.45) is -0.385. The zero-order valence-electron chi connectivity index (χ0n) is 11.9. The predicted molar refractivity (Wildman–Crippen MR) is 76.3 cm³/mol. The van der Waals surface area contributed by atoms with Gasteiger partial charge < -0.3 is 14.8 Å². The quantitative estimate of drug-likeness (QED) is 0.776. The molecule has 0 aliphatic carbocycles. The number of benzene rings is 1. The smallest absolute Gasteiger partial charge is 0.250 e. The van der Waals surface area contributed by atoms with Gasteiger partial charge in [0.1, 0.15) is 6.10 Å². The molecule has 0 aromatic heterocycles. The lowest BCUT2D eigenvalue weighted by molar-refractivity contribution is -0.139. The van der Waals surface area contributed by atoms with Crippen LogP contribution in [0.4, 0.5) is 0 Å². The molecule has 1 atom stereocenters. The maximum Gasteiger partial charge on any atom is 0.250 e. The van der Waals surface area contributed by atoms with Crippen LogP contribution in [0.2, 0.25) is 0 Å². The van der Waals surface area contributed by atoms with Gasteiger partial charge in [-0.15, -0.1) is 0 Å². The molecule has 5 nitrogen and oxygen atoms in total. The molecule has 20 heavy (non-hydrogen) atoms. The van der Waals surface area contributed by atoms with E-state index in [1.165, 1.54) is 5.56 Å². The summed E-state index contributed by atoms with van der Waals surface area (Å²) in [5.41, 5.74) is 1.26. The second-order valence-electron chi connectivity index (χ2n) is 4.86. The molecule has 1 saturated heterocycles. The van der Waals surface area contributed by atoms with E-state index < -0.39 is 0 Å². The van der Waals surface area contributed by atoms with Crippen molar-refractivity contribution in [2.24, 2.45) is 0 Å². The number of nitrogens with zero attached hydrogens (tertiary/aromatic N) is 1. The van der Waals surface area contributed by atoms with Crippen LogP contribution in [0.1, 0.15) is 5.56 Å². The van der Waals surface area contributed by atoms with E-state index in [2.05, 4.69) is 22.3 Å². The number of rotatable bonds is 6. The molecule has 2 rings (SSSR count). The van der Waals surface area contributed by atoms with Gasteiger partial charge >= 0.3 is 0 Å². The molecule has 110 valence electrons. The molecule has 0 saturated carbocycles. The molecule has 1 N–H and O–H groups in total. The van der Waals surface area contributed by atoms with Crippen molar-refractivity contribution in [1.29, 1.82) is 0 Å². The number of ether oxygens (including phenoxy) is 2. The molecule has 1 heterocycles.